The summed E-state index contributed by atoms with van der Waals surface area (Å²) in [6.45, 7) is 1.40. The molecule has 2 aromatic rings. The molecular weight excluding hydrogens is 514 g/mol. The second kappa shape index (κ2) is 10.9. The number of anilines is 1. The maximum absolute atomic E-state index is 13.0. The van der Waals surface area contributed by atoms with Gasteiger partial charge in [-0.15, -0.1) is 28.2 Å². The molecular formula is C19H25N9O4S3. The molecule has 16 heteroatoms. The number of hydrogen-bond acceptors (Lipinski definition) is 13. The van der Waals surface area contributed by atoms with Crippen molar-refractivity contribution in [1.29, 1.82) is 0 Å². The highest BCUT2D eigenvalue weighted by atomic mass is 32.2. The molecule has 2 atom stereocenters. The summed E-state index contributed by atoms with van der Waals surface area (Å²) in [4.78, 5) is 45.6. The molecule has 188 valence electrons. The molecule has 0 saturated carbocycles. The second-order valence-corrected chi connectivity index (χ2v) is 11.0. The van der Waals surface area contributed by atoms with E-state index in [-0.39, 0.29) is 29.3 Å². The van der Waals surface area contributed by atoms with Gasteiger partial charge in [0.05, 0.1) is 25.8 Å². The SMILES string of the molecule is COC(=O)C1=C(CSc2nnnn2CCN(C)C)CS[C@H]2[C@H](NC(=O)Cc3csc(N)n3)C(=O)N12. The number of nitrogen functional groups attached to an aromatic ring is 1. The molecule has 35 heavy (non-hydrogen) atoms. The summed E-state index contributed by atoms with van der Waals surface area (Å²) < 4.78 is 6.68. The number of carbonyl (C=O) groups is 3. The van der Waals surface area contributed by atoms with E-state index in [0.29, 0.717) is 34.0 Å². The van der Waals surface area contributed by atoms with Crippen molar-refractivity contribution < 1.29 is 19.1 Å². The molecule has 3 N–H and O–H groups in total. The highest BCUT2D eigenvalue weighted by molar-refractivity contribution is 8.01. The third-order valence-electron chi connectivity index (χ3n) is 5.29. The zero-order valence-corrected chi connectivity index (χ0v) is 21.8. The quantitative estimate of drug-likeness (QED) is 0.225. The molecule has 2 aromatic heterocycles. The normalized spacial score (nSPS) is 19.5. The first-order valence-electron chi connectivity index (χ1n) is 10.6. The number of likely N-dealkylation sites (N-methyl/N-ethyl adjacent to an activating group) is 1. The number of nitrogens with zero attached hydrogens (tertiary/aromatic N) is 7. The van der Waals surface area contributed by atoms with Crippen molar-refractivity contribution in [2.24, 2.45) is 0 Å². The summed E-state index contributed by atoms with van der Waals surface area (Å²) in [6, 6.07) is -0.726. The van der Waals surface area contributed by atoms with Gasteiger partial charge in [0.1, 0.15) is 17.1 Å². The molecule has 4 heterocycles. The molecule has 1 fully saturated rings. The fraction of sp³-hybridized carbons (Fsp3) is 0.526. The van der Waals surface area contributed by atoms with Gasteiger partial charge in [0, 0.05) is 23.4 Å². The zero-order chi connectivity index (χ0) is 25.1. The van der Waals surface area contributed by atoms with E-state index in [2.05, 4.69) is 25.8 Å². The topological polar surface area (TPSA) is 161 Å². The molecule has 13 nitrogen and oxygen atoms in total. The van der Waals surface area contributed by atoms with Crippen LogP contribution < -0.4 is 11.1 Å². The Morgan fingerprint density at radius 2 is 2.20 bits per heavy atom. The summed E-state index contributed by atoms with van der Waals surface area (Å²) in [5, 5.41) is 16.9. The van der Waals surface area contributed by atoms with E-state index in [4.69, 9.17) is 10.5 Å². The van der Waals surface area contributed by atoms with Crippen molar-refractivity contribution in [2.75, 3.05) is 45.0 Å². The summed E-state index contributed by atoms with van der Waals surface area (Å²) in [5.74, 6) is -0.358. The van der Waals surface area contributed by atoms with Crippen LogP contribution in [0.4, 0.5) is 5.13 Å². The monoisotopic (exact) mass is 539 g/mol. The average molecular weight is 540 g/mol. The number of β-lactam (4-membered cyclic amide) rings is 1. The third-order valence-corrected chi connectivity index (χ3v) is 8.39. The largest absolute Gasteiger partial charge is 0.464 e. The van der Waals surface area contributed by atoms with Crippen molar-refractivity contribution >= 4 is 57.8 Å². The van der Waals surface area contributed by atoms with Crippen LogP contribution in [-0.4, -0.2) is 103 Å². The van der Waals surface area contributed by atoms with Crippen LogP contribution >= 0.6 is 34.9 Å². The molecule has 0 aliphatic carbocycles. The van der Waals surface area contributed by atoms with Gasteiger partial charge < -0.3 is 20.7 Å². The lowest BCUT2D eigenvalue weighted by atomic mass is 10.0. The third kappa shape index (κ3) is 5.60. The number of nitrogens with two attached hydrogens (primary N) is 1. The standard InChI is InChI=1S/C19H25N9O4S3/c1-26(2)4-5-27-19(23-24-25-27)35-8-10-7-33-16-13(15(30)28(16)14(10)17(31)32-3)22-12(29)6-11-9-34-18(20)21-11/h9,13,16H,4-8H2,1-3H3,(H2,20,21)(H,22,29)/t13-,16+/m1/s1. The van der Waals surface area contributed by atoms with E-state index >= 15 is 0 Å². The smallest absolute Gasteiger partial charge is 0.354 e. The number of methoxy groups -OCH3 is 1. The summed E-state index contributed by atoms with van der Waals surface area (Å²) in [5.41, 5.74) is 7.13. The first kappa shape index (κ1) is 25.4. The number of thiazole rings is 1. The number of nitrogens with one attached hydrogen (secondary N) is 1. The Kier molecular flexibility index (Phi) is 7.93. The van der Waals surface area contributed by atoms with Gasteiger partial charge in [0.25, 0.3) is 5.91 Å². The van der Waals surface area contributed by atoms with Crippen LogP contribution in [0.3, 0.4) is 0 Å². The Morgan fingerprint density at radius 1 is 1.40 bits per heavy atom. The van der Waals surface area contributed by atoms with E-state index in [0.717, 1.165) is 12.1 Å². The number of esters is 1. The summed E-state index contributed by atoms with van der Waals surface area (Å²) in [6.07, 6.45) is 0.0268. The minimum atomic E-state index is -0.726. The van der Waals surface area contributed by atoms with Gasteiger partial charge >= 0.3 is 5.97 Å². The van der Waals surface area contributed by atoms with Crippen LogP contribution in [-0.2, 0) is 32.1 Å². The number of hydrogen-bond donors (Lipinski definition) is 2. The van der Waals surface area contributed by atoms with Gasteiger partial charge in [0.2, 0.25) is 11.1 Å². The lowest BCUT2D eigenvalue weighted by molar-refractivity contribution is -0.151. The molecule has 0 unspecified atom stereocenters. The van der Waals surface area contributed by atoms with Crippen LogP contribution in [0.15, 0.2) is 21.8 Å². The average Bonchev–Trinajstić information content (AvgIpc) is 3.46. The highest BCUT2D eigenvalue weighted by Crippen LogP contribution is 2.41. The number of aromatic nitrogens is 5. The van der Waals surface area contributed by atoms with E-state index in [1.54, 1.807) is 10.1 Å². The Labute approximate surface area is 213 Å². The predicted octanol–water partition coefficient (Wildman–Crippen LogP) is -0.565. The molecule has 0 spiro atoms. The fourth-order valence-electron chi connectivity index (χ4n) is 3.56. The van der Waals surface area contributed by atoms with Crippen LogP contribution in [0.2, 0.25) is 0 Å². The molecule has 2 amide bonds. The number of fused-ring (bicyclic) bond motifs is 1. The molecule has 2 aliphatic heterocycles. The van der Waals surface area contributed by atoms with Crippen molar-refractivity contribution in [1.82, 2.24) is 40.3 Å². The van der Waals surface area contributed by atoms with Gasteiger partial charge in [0.15, 0.2) is 5.13 Å². The van der Waals surface area contributed by atoms with Gasteiger partial charge in [-0.25, -0.2) is 14.5 Å². The van der Waals surface area contributed by atoms with E-state index < -0.39 is 12.0 Å². The van der Waals surface area contributed by atoms with Gasteiger partial charge in [-0.1, -0.05) is 11.8 Å². The summed E-state index contributed by atoms with van der Waals surface area (Å²) >= 11 is 4.13. The van der Waals surface area contributed by atoms with Crippen molar-refractivity contribution in [3.05, 3.63) is 22.3 Å². The lowest BCUT2D eigenvalue weighted by Crippen LogP contribution is -2.70. The number of amides is 2. The molecule has 0 bridgehead atoms. The first-order valence-corrected chi connectivity index (χ1v) is 13.5. The predicted molar refractivity (Wildman–Crippen MR) is 131 cm³/mol. The van der Waals surface area contributed by atoms with Crippen molar-refractivity contribution in [3.63, 3.8) is 0 Å². The minimum Gasteiger partial charge on any atom is -0.464 e. The van der Waals surface area contributed by atoms with E-state index in [1.165, 1.54) is 46.9 Å². The Bertz CT molecular complexity index is 1150. The van der Waals surface area contributed by atoms with Crippen molar-refractivity contribution in [3.8, 4) is 0 Å². The zero-order valence-electron chi connectivity index (χ0n) is 19.3. The Hall–Kier alpha value is -2.69. The molecule has 1 saturated heterocycles. The van der Waals surface area contributed by atoms with Crippen LogP contribution in [0, 0.1) is 0 Å². The molecule has 0 aromatic carbocycles. The molecule has 4 rings (SSSR count). The summed E-state index contributed by atoms with van der Waals surface area (Å²) in [7, 11) is 5.21. The van der Waals surface area contributed by atoms with Crippen LogP contribution in [0.1, 0.15) is 5.69 Å². The van der Waals surface area contributed by atoms with Gasteiger partial charge in [-0.2, -0.15) is 0 Å². The molecule has 0 radical (unpaired) electrons. The Morgan fingerprint density at radius 3 is 2.89 bits per heavy atom. The number of ether oxygens (including phenoxy) is 1. The van der Waals surface area contributed by atoms with Gasteiger partial charge in [-0.05, 0) is 30.1 Å². The van der Waals surface area contributed by atoms with Crippen LogP contribution in [0.5, 0.6) is 0 Å². The number of rotatable bonds is 10. The maximum Gasteiger partial charge on any atom is 0.354 e. The van der Waals surface area contributed by atoms with E-state index in [9.17, 15) is 14.4 Å². The first-order chi connectivity index (χ1) is 16.8. The lowest BCUT2D eigenvalue weighted by Gasteiger charge is -2.49. The van der Waals surface area contributed by atoms with Crippen LogP contribution in [0.25, 0.3) is 0 Å². The second-order valence-electron chi connectivity index (χ2n) is 8.03. The number of thioether (sulfide) groups is 2. The molecule has 2 aliphatic rings. The fourth-order valence-corrected chi connectivity index (χ4v) is 6.51. The highest BCUT2D eigenvalue weighted by Gasteiger charge is 2.54. The number of tetrazole rings is 1. The van der Waals surface area contributed by atoms with Gasteiger partial charge in [-0.3, -0.25) is 14.5 Å². The van der Waals surface area contributed by atoms with Crippen molar-refractivity contribution in [2.45, 2.75) is 29.5 Å². The minimum absolute atomic E-state index is 0.0268. The maximum atomic E-state index is 13.0. The van der Waals surface area contributed by atoms with E-state index in [1.807, 2.05) is 19.0 Å². The Balaban J connectivity index is 1.43. The number of carbonyl (C=O) groups excluding carboxylic acids is 3.